The fourth-order valence-corrected chi connectivity index (χ4v) is 2.89. The Hall–Kier alpha value is -1.77. The summed E-state index contributed by atoms with van der Waals surface area (Å²) in [5.41, 5.74) is -0.266. The number of nitro benzene ring substituents is 1. The molecule has 2 aromatic rings. The van der Waals surface area contributed by atoms with Gasteiger partial charge < -0.3 is 4.74 Å². The average Bonchev–Trinajstić information content (AvgIpc) is 2.91. The zero-order chi connectivity index (χ0) is 16.3. The molecule has 1 aromatic carbocycles. The SMILES string of the molecule is O=C(OCC(=O)c1ccc(Cl)s1)c1ccc(Br)c([N+](=O)[O-])c1. The fraction of sp³-hybridized carbons (Fsp3) is 0.0769. The van der Waals surface area contributed by atoms with Crippen LogP contribution in [0.3, 0.4) is 0 Å². The summed E-state index contributed by atoms with van der Waals surface area (Å²) in [5.74, 6) is -1.21. The quantitative estimate of drug-likeness (QED) is 0.324. The van der Waals surface area contributed by atoms with Crippen LogP contribution in [-0.2, 0) is 4.74 Å². The predicted octanol–water partition coefficient (Wildman–Crippen LogP) is 4.11. The van der Waals surface area contributed by atoms with Gasteiger partial charge in [-0.1, -0.05) is 11.6 Å². The van der Waals surface area contributed by atoms with Gasteiger partial charge in [0.1, 0.15) is 0 Å². The second kappa shape index (κ2) is 6.99. The molecule has 0 aliphatic carbocycles. The Morgan fingerprint density at radius 2 is 2.05 bits per heavy atom. The molecule has 0 N–H and O–H groups in total. The van der Waals surface area contributed by atoms with Crippen molar-refractivity contribution in [2.75, 3.05) is 6.61 Å². The van der Waals surface area contributed by atoms with Crippen LogP contribution < -0.4 is 0 Å². The number of thiophene rings is 1. The third-order valence-electron chi connectivity index (χ3n) is 2.56. The zero-order valence-electron chi connectivity index (χ0n) is 10.7. The van der Waals surface area contributed by atoms with Gasteiger partial charge >= 0.3 is 5.97 Å². The number of benzene rings is 1. The Balaban J connectivity index is 2.05. The van der Waals surface area contributed by atoms with Crippen molar-refractivity contribution in [2.45, 2.75) is 0 Å². The largest absolute Gasteiger partial charge is 0.454 e. The first kappa shape index (κ1) is 16.6. The van der Waals surface area contributed by atoms with E-state index in [9.17, 15) is 19.7 Å². The van der Waals surface area contributed by atoms with Crippen LogP contribution in [0.5, 0.6) is 0 Å². The molecule has 0 radical (unpaired) electrons. The minimum atomic E-state index is -0.813. The smallest absolute Gasteiger partial charge is 0.338 e. The highest BCUT2D eigenvalue weighted by atomic mass is 79.9. The van der Waals surface area contributed by atoms with Crippen LogP contribution in [0.15, 0.2) is 34.8 Å². The Labute approximate surface area is 141 Å². The predicted molar refractivity (Wildman–Crippen MR) is 84.7 cm³/mol. The number of esters is 1. The molecule has 6 nitrogen and oxygen atoms in total. The summed E-state index contributed by atoms with van der Waals surface area (Å²) in [4.78, 5) is 34.2. The molecule has 1 heterocycles. The first-order valence-electron chi connectivity index (χ1n) is 5.78. The molecule has 0 atom stereocenters. The normalized spacial score (nSPS) is 10.3. The highest BCUT2D eigenvalue weighted by Crippen LogP contribution is 2.26. The molecule has 114 valence electrons. The molecule has 0 aliphatic rings. The van der Waals surface area contributed by atoms with Crippen molar-refractivity contribution in [3.8, 4) is 0 Å². The maximum Gasteiger partial charge on any atom is 0.338 e. The van der Waals surface area contributed by atoms with E-state index in [1.165, 1.54) is 18.2 Å². The summed E-state index contributed by atoms with van der Waals surface area (Å²) >= 11 is 9.81. The van der Waals surface area contributed by atoms with Gasteiger partial charge in [0.05, 0.1) is 24.2 Å². The summed E-state index contributed by atoms with van der Waals surface area (Å²) in [5, 5.41) is 10.8. The minimum absolute atomic E-state index is 0.00749. The van der Waals surface area contributed by atoms with E-state index in [4.69, 9.17) is 16.3 Å². The maximum absolute atomic E-state index is 11.8. The number of ether oxygens (including phenoxy) is 1. The number of nitrogens with zero attached hydrogens (tertiary/aromatic N) is 1. The van der Waals surface area contributed by atoms with Gasteiger partial charge in [0.25, 0.3) is 5.69 Å². The fourth-order valence-electron chi connectivity index (χ4n) is 1.53. The number of halogens is 2. The molecular formula is C13H7BrClNO5S. The highest BCUT2D eigenvalue weighted by Gasteiger charge is 2.18. The van der Waals surface area contributed by atoms with Crippen LogP contribution in [-0.4, -0.2) is 23.3 Å². The monoisotopic (exact) mass is 403 g/mol. The van der Waals surface area contributed by atoms with Crippen LogP contribution in [0.4, 0.5) is 5.69 Å². The van der Waals surface area contributed by atoms with Gasteiger partial charge in [-0.2, -0.15) is 0 Å². The van der Waals surface area contributed by atoms with E-state index in [0.29, 0.717) is 9.21 Å². The van der Waals surface area contributed by atoms with E-state index in [1.54, 1.807) is 6.07 Å². The Kier molecular flexibility index (Phi) is 5.28. The molecule has 0 saturated heterocycles. The Morgan fingerprint density at radius 1 is 1.32 bits per heavy atom. The van der Waals surface area contributed by atoms with Crippen molar-refractivity contribution < 1.29 is 19.2 Å². The summed E-state index contributed by atoms with van der Waals surface area (Å²) in [6.45, 7) is -0.459. The van der Waals surface area contributed by atoms with E-state index in [0.717, 1.165) is 17.4 Å². The summed E-state index contributed by atoms with van der Waals surface area (Å²) in [6, 6.07) is 6.92. The molecule has 9 heteroatoms. The van der Waals surface area contributed by atoms with E-state index in [-0.39, 0.29) is 15.7 Å². The molecule has 0 saturated carbocycles. The van der Waals surface area contributed by atoms with Crippen LogP contribution in [0.25, 0.3) is 0 Å². The van der Waals surface area contributed by atoms with E-state index >= 15 is 0 Å². The number of carbonyl (C=O) groups excluding carboxylic acids is 2. The lowest BCUT2D eigenvalue weighted by Gasteiger charge is -2.04. The van der Waals surface area contributed by atoms with Crippen LogP contribution in [0.1, 0.15) is 20.0 Å². The van der Waals surface area contributed by atoms with Crippen molar-refractivity contribution in [1.82, 2.24) is 0 Å². The third-order valence-corrected chi connectivity index (χ3v) is 4.50. The average molecular weight is 405 g/mol. The van der Waals surface area contributed by atoms with Crippen molar-refractivity contribution in [3.05, 3.63) is 59.7 Å². The number of ketones is 1. The van der Waals surface area contributed by atoms with Gasteiger partial charge in [0, 0.05) is 6.07 Å². The van der Waals surface area contributed by atoms with Gasteiger partial charge in [-0.25, -0.2) is 4.79 Å². The maximum atomic E-state index is 11.8. The lowest BCUT2D eigenvalue weighted by Crippen LogP contribution is -2.13. The van der Waals surface area contributed by atoms with Crippen molar-refractivity contribution >= 4 is 56.3 Å². The van der Waals surface area contributed by atoms with Crippen LogP contribution >= 0.6 is 38.9 Å². The molecule has 0 amide bonds. The number of Topliss-reactive ketones (excluding diaryl/α,β-unsaturated/α-hetero) is 1. The first-order valence-corrected chi connectivity index (χ1v) is 7.77. The lowest BCUT2D eigenvalue weighted by atomic mass is 10.2. The molecule has 2 rings (SSSR count). The van der Waals surface area contributed by atoms with Crippen molar-refractivity contribution in [1.29, 1.82) is 0 Å². The molecule has 1 aromatic heterocycles. The van der Waals surface area contributed by atoms with Crippen molar-refractivity contribution in [2.24, 2.45) is 0 Å². The number of rotatable bonds is 5. The molecule has 0 fully saturated rings. The summed E-state index contributed by atoms with van der Waals surface area (Å²) in [7, 11) is 0. The Morgan fingerprint density at radius 3 is 2.64 bits per heavy atom. The number of hydrogen-bond donors (Lipinski definition) is 0. The number of nitro groups is 1. The van der Waals surface area contributed by atoms with E-state index in [1.807, 2.05) is 0 Å². The summed E-state index contributed by atoms with van der Waals surface area (Å²) < 4.78 is 5.57. The van der Waals surface area contributed by atoms with Gasteiger partial charge in [0.2, 0.25) is 5.78 Å². The first-order chi connectivity index (χ1) is 10.4. The van der Waals surface area contributed by atoms with E-state index < -0.39 is 23.3 Å². The molecule has 0 aliphatic heterocycles. The van der Waals surface area contributed by atoms with Crippen LogP contribution in [0.2, 0.25) is 4.34 Å². The molecule has 22 heavy (non-hydrogen) atoms. The molecule has 0 spiro atoms. The minimum Gasteiger partial charge on any atom is -0.454 e. The van der Waals surface area contributed by atoms with Gasteiger partial charge in [0.15, 0.2) is 6.61 Å². The van der Waals surface area contributed by atoms with Crippen LogP contribution in [0, 0.1) is 10.1 Å². The Bertz CT molecular complexity index is 761. The number of carbonyl (C=O) groups is 2. The lowest BCUT2D eigenvalue weighted by molar-refractivity contribution is -0.385. The zero-order valence-corrected chi connectivity index (χ0v) is 13.9. The van der Waals surface area contributed by atoms with Gasteiger partial charge in [-0.15, -0.1) is 11.3 Å². The molecular weight excluding hydrogens is 398 g/mol. The third kappa shape index (κ3) is 3.90. The van der Waals surface area contributed by atoms with Gasteiger partial charge in [-0.3, -0.25) is 14.9 Å². The molecule has 0 bridgehead atoms. The topological polar surface area (TPSA) is 86.5 Å². The summed E-state index contributed by atoms with van der Waals surface area (Å²) in [6.07, 6.45) is 0. The highest BCUT2D eigenvalue weighted by molar-refractivity contribution is 9.10. The van der Waals surface area contributed by atoms with E-state index in [2.05, 4.69) is 15.9 Å². The standard InChI is InChI=1S/C13H7BrClNO5S/c14-8-2-1-7(5-9(8)16(19)20)13(18)21-6-10(17)11-3-4-12(15)22-11/h1-5H,6H2. The van der Waals surface area contributed by atoms with Crippen molar-refractivity contribution in [3.63, 3.8) is 0 Å². The second-order valence-corrected chi connectivity index (χ2v) is 6.60. The second-order valence-electron chi connectivity index (χ2n) is 4.03. The number of hydrogen-bond acceptors (Lipinski definition) is 6. The molecule has 0 unspecified atom stereocenters. The van der Waals surface area contributed by atoms with Gasteiger partial charge in [-0.05, 0) is 40.2 Å².